The van der Waals surface area contributed by atoms with Crippen LogP contribution >= 0.6 is 0 Å². The molecule has 0 radical (unpaired) electrons. The molecule has 5 nitrogen and oxygen atoms in total. The van der Waals surface area contributed by atoms with E-state index in [4.69, 9.17) is 5.73 Å². The molecule has 1 aliphatic heterocycles. The molecule has 3 N–H and O–H groups in total. The molecule has 2 atom stereocenters. The highest BCUT2D eigenvalue weighted by Crippen LogP contribution is 2.24. The molecule has 2 heterocycles. The quantitative estimate of drug-likeness (QED) is 0.822. The highest BCUT2D eigenvalue weighted by molar-refractivity contribution is 5.97. The smallest absolute Gasteiger partial charge is 0.252 e. The van der Waals surface area contributed by atoms with E-state index in [-0.39, 0.29) is 12.0 Å². The average molecular weight is 251 g/mol. The van der Waals surface area contributed by atoms with Gasteiger partial charge in [0.25, 0.3) is 5.91 Å². The summed E-state index contributed by atoms with van der Waals surface area (Å²) in [5, 5.41) is 9.67. The van der Waals surface area contributed by atoms with Crippen molar-refractivity contribution in [1.29, 1.82) is 0 Å². The Morgan fingerprint density at radius 1 is 1.50 bits per heavy atom. The first-order chi connectivity index (χ1) is 8.59. The molecule has 0 aliphatic carbocycles. The highest BCUT2D eigenvalue weighted by atomic mass is 16.3. The van der Waals surface area contributed by atoms with Gasteiger partial charge in [0.2, 0.25) is 0 Å². The zero-order chi connectivity index (χ0) is 13.7. The molecule has 5 heteroatoms. The number of nitrogens with two attached hydrogens (primary N) is 1. The predicted molar refractivity (Wildman–Crippen MR) is 71.5 cm³/mol. The van der Waals surface area contributed by atoms with Gasteiger partial charge in [-0.25, -0.2) is 4.98 Å². The van der Waals surface area contributed by atoms with Gasteiger partial charge in [-0.1, -0.05) is 20.8 Å². The van der Waals surface area contributed by atoms with Crippen LogP contribution < -0.4 is 10.6 Å². The first kappa shape index (κ1) is 14.4. The van der Waals surface area contributed by atoms with Gasteiger partial charge < -0.3 is 15.7 Å². The number of carbonyl (C=O) groups excluding carboxylic acids is 1. The van der Waals surface area contributed by atoms with Crippen LogP contribution in [0.1, 0.15) is 31.1 Å². The summed E-state index contributed by atoms with van der Waals surface area (Å²) in [7, 11) is 0. The summed E-state index contributed by atoms with van der Waals surface area (Å²) in [5.74, 6) is 0.262. The number of pyridine rings is 1. The molecule has 18 heavy (non-hydrogen) atoms. The lowest BCUT2D eigenvalue weighted by atomic mass is 10.1. The molecule has 100 valence electrons. The first-order valence-electron chi connectivity index (χ1n) is 6.27. The number of hydrogen-bond donors (Lipinski definition) is 2. The number of rotatable bonds is 2. The Morgan fingerprint density at radius 3 is 2.67 bits per heavy atom. The van der Waals surface area contributed by atoms with Gasteiger partial charge in [0, 0.05) is 25.2 Å². The Bertz CT molecular complexity index is 399. The molecule has 0 unspecified atom stereocenters. The lowest BCUT2D eigenvalue weighted by Crippen LogP contribution is -2.26. The molecule has 1 saturated heterocycles. The van der Waals surface area contributed by atoms with Crippen LogP contribution in [-0.4, -0.2) is 35.2 Å². The van der Waals surface area contributed by atoms with Crippen LogP contribution in [0.25, 0.3) is 0 Å². The minimum Gasteiger partial charge on any atom is -0.391 e. The summed E-state index contributed by atoms with van der Waals surface area (Å²) >= 11 is 0. The van der Waals surface area contributed by atoms with Crippen LogP contribution in [0.5, 0.6) is 0 Å². The fourth-order valence-electron chi connectivity index (χ4n) is 1.96. The first-order valence-corrected chi connectivity index (χ1v) is 6.27. The highest BCUT2D eigenvalue weighted by Gasteiger charge is 2.30. The van der Waals surface area contributed by atoms with Crippen molar-refractivity contribution in [3.63, 3.8) is 0 Å². The molecule has 1 amide bonds. The van der Waals surface area contributed by atoms with Crippen LogP contribution in [0.3, 0.4) is 0 Å². The minimum absolute atomic E-state index is 0.183. The lowest BCUT2D eigenvalue weighted by molar-refractivity contribution is 0.100. The monoisotopic (exact) mass is 251 g/mol. The predicted octanol–water partition coefficient (Wildman–Crippen LogP) is 1.02. The second kappa shape index (κ2) is 6.35. The van der Waals surface area contributed by atoms with Gasteiger partial charge in [-0.15, -0.1) is 0 Å². The number of amides is 1. The molecule has 0 aromatic carbocycles. The second-order valence-corrected chi connectivity index (χ2v) is 4.19. The summed E-state index contributed by atoms with van der Waals surface area (Å²) in [5.41, 5.74) is 5.69. The van der Waals surface area contributed by atoms with Gasteiger partial charge in [0.1, 0.15) is 5.82 Å². The largest absolute Gasteiger partial charge is 0.391 e. The number of carbonyl (C=O) groups is 1. The van der Waals surface area contributed by atoms with E-state index in [2.05, 4.69) is 4.98 Å². The summed E-state index contributed by atoms with van der Waals surface area (Å²) in [4.78, 5) is 17.3. The van der Waals surface area contributed by atoms with Crippen molar-refractivity contribution < 1.29 is 9.90 Å². The van der Waals surface area contributed by atoms with E-state index in [1.54, 1.807) is 18.3 Å². The Balaban J connectivity index is 0.000000771. The van der Waals surface area contributed by atoms with E-state index in [9.17, 15) is 9.90 Å². The van der Waals surface area contributed by atoms with Gasteiger partial charge in [0.05, 0.1) is 11.7 Å². The summed E-state index contributed by atoms with van der Waals surface area (Å²) in [6.45, 7) is 7.16. The fraction of sp³-hybridized carbons (Fsp3) is 0.538. The number of anilines is 1. The summed E-state index contributed by atoms with van der Waals surface area (Å²) in [6.07, 6.45) is 1.25. The summed E-state index contributed by atoms with van der Waals surface area (Å²) < 4.78 is 0. The van der Waals surface area contributed by atoms with Crippen LogP contribution in [-0.2, 0) is 0 Å². The number of aliphatic hydroxyl groups excluding tert-OH is 1. The van der Waals surface area contributed by atoms with Crippen molar-refractivity contribution in [2.45, 2.75) is 26.9 Å². The average Bonchev–Trinajstić information content (AvgIpc) is 2.72. The van der Waals surface area contributed by atoms with Crippen molar-refractivity contribution in [3.8, 4) is 0 Å². The topological polar surface area (TPSA) is 79.5 Å². The van der Waals surface area contributed by atoms with Gasteiger partial charge in [-0.3, -0.25) is 4.79 Å². The molecule has 1 fully saturated rings. The van der Waals surface area contributed by atoms with Crippen LogP contribution in [0.4, 0.5) is 5.82 Å². The molecule has 1 aromatic rings. The van der Waals surface area contributed by atoms with Crippen LogP contribution in [0.2, 0.25) is 0 Å². The Labute approximate surface area is 108 Å². The number of aromatic nitrogens is 1. The fourth-order valence-corrected chi connectivity index (χ4v) is 1.96. The molecule has 2 rings (SSSR count). The van der Waals surface area contributed by atoms with Crippen LogP contribution in [0, 0.1) is 5.92 Å². The van der Waals surface area contributed by atoms with Gasteiger partial charge in [-0.2, -0.15) is 0 Å². The van der Waals surface area contributed by atoms with E-state index in [0.717, 1.165) is 0 Å². The zero-order valence-electron chi connectivity index (χ0n) is 11.1. The van der Waals surface area contributed by atoms with Crippen molar-refractivity contribution in [2.24, 2.45) is 11.7 Å². The standard InChI is InChI=1S/C11H15N3O2.C2H6/c1-7-5-14(6-9(7)15)11-8(10(12)16)3-2-4-13-11;1-2/h2-4,7,9,15H,5-6H2,1H3,(H2,12,16);1-2H3/t7-,9+;/m0./s1. The molecule has 0 saturated carbocycles. The molecule has 0 spiro atoms. The third-order valence-electron chi connectivity index (χ3n) is 2.92. The van der Waals surface area contributed by atoms with E-state index in [1.165, 1.54) is 0 Å². The Hall–Kier alpha value is -1.62. The second-order valence-electron chi connectivity index (χ2n) is 4.19. The molecule has 1 aliphatic rings. The van der Waals surface area contributed by atoms with Crippen molar-refractivity contribution in [2.75, 3.05) is 18.0 Å². The Morgan fingerprint density at radius 2 is 2.17 bits per heavy atom. The third-order valence-corrected chi connectivity index (χ3v) is 2.92. The van der Waals surface area contributed by atoms with E-state index >= 15 is 0 Å². The maximum atomic E-state index is 11.2. The number of hydrogen-bond acceptors (Lipinski definition) is 4. The van der Waals surface area contributed by atoms with Gasteiger partial charge in [0.15, 0.2) is 0 Å². The van der Waals surface area contributed by atoms with Crippen molar-refractivity contribution in [1.82, 2.24) is 4.98 Å². The molecule has 0 bridgehead atoms. The van der Waals surface area contributed by atoms with Crippen molar-refractivity contribution in [3.05, 3.63) is 23.9 Å². The zero-order valence-corrected chi connectivity index (χ0v) is 11.1. The van der Waals surface area contributed by atoms with Gasteiger partial charge >= 0.3 is 0 Å². The SMILES string of the molecule is CC.C[C@H]1CN(c2ncccc2C(N)=O)C[C@H]1O. The number of aliphatic hydroxyl groups is 1. The number of nitrogens with zero attached hydrogens (tertiary/aromatic N) is 2. The number of β-amino-alcohol motifs (C(OH)–C–C–N with tert-alkyl or cyclic N) is 1. The molecular formula is C13H21N3O2. The van der Waals surface area contributed by atoms with Crippen molar-refractivity contribution >= 4 is 11.7 Å². The van der Waals surface area contributed by atoms with Crippen LogP contribution in [0.15, 0.2) is 18.3 Å². The minimum atomic E-state index is -0.489. The lowest BCUT2D eigenvalue weighted by Gasteiger charge is -2.18. The van der Waals surface area contributed by atoms with E-state index < -0.39 is 5.91 Å². The van der Waals surface area contributed by atoms with E-state index in [1.807, 2.05) is 25.7 Å². The van der Waals surface area contributed by atoms with E-state index in [0.29, 0.717) is 24.5 Å². The maximum absolute atomic E-state index is 11.2. The Kier molecular flexibility index (Phi) is 5.09. The third kappa shape index (κ3) is 2.98. The van der Waals surface area contributed by atoms with Gasteiger partial charge in [-0.05, 0) is 12.1 Å². The number of primary amides is 1. The summed E-state index contributed by atoms with van der Waals surface area (Å²) in [6, 6.07) is 3.33. The molecule has 1 aromatic heterocycles. The molecular weight excluding hydrogens is 230 g/mol. The maximum Gasteiger partial charge on any atom is 0.252 e. The normalized spacial score (nSPS) is 22.3.